The van der Waals surface area contributed by atoms with Crippen molar-refractivity contribution in [3.05, 3.63) is 18.0 Å². The molecule has 1 amide bonds. The lowest BCUT2D eigenvalue weighted by Gasteiger charge is -2.37. The topological polar surface area (TPSA) is 59.4 Å². The Morgan fingerprint density at radius 1 is 1.45 bits per heavy atom. The van der Waals surface area contributed by atoms with Crippen molar-refractivity contribution < 1.29 is 9.53 Å². The molecular formula is C16H26N4O2. The maximum absolute atomic E-state index is 11.5. The Morgan fingerprint density at radius 2 is 2.27 bits per heavy atom. The summed E-state index contributed by atoms with van der Waals surface area (Å²) in [5.74, 6) is -0.0494. The average Bonchev–Trinajstić information content (AvgIpc) is 3.18. The molecule has 0 spiro atoms. The highest BCUT2D eigenvalue weighted by Crippen LogP contribution is 2.30. The van der Waals surface area contributed by atoms with E-state index in [0.717, 1.165) is 25.6 Å². The summed E-state index contributed by atoms with van der Waals surface area (Å²) < 4.78 is 6.98. The third-order valence-electron chi connectivity index (χ3n) is 4.82. The first-order valence-electron chi connectivity index (χ1n) is 8.30. The Bertz CT molecular complexity index is 496. The van der Waals surface area contributed by atoms with Gasteiger partial charge in [-0.25, -0.2) is 0 Å². The summed E-state index contributed by atoms with van der Waals surface area (Å²) in [6.07, 6.45) is 8.17. The number of nitrogens with zero attached hydrogens (tertiary/aromatic N) is 3. The summed E-state index contributed by atoms with van der Waals surface area (Å²) >= 11 is 0. The van der Waals surface area contributed by atoms with Crippen LogP contribution < -0.4 is 5.32 Å². The minimum absolute atomic E-state index is 0.0494. The van der Waals surface area contributed by atoms with Gasteiger partial charge in [0, 0.05) is 39.0 Å². The van der Waals surface area contributed by atoms with E-state index in [-0.39, 0.29) is 12.5 Å². The van der Waals surface area contributed by atoms with Crippen LogP contribution in [0.4, 0.5) is 0 Å². The molecule has 122 valence electrons. The first-order valence-corrected chi connectivity index (χ1v) is 8.30. The zero-order valence-electron chi connectivity index (χ0n) is 13.3. The Balaban J connectivity index is 1.58. The predicted molar refractivity (Wildman–Crippen MR) is 83.4 cm³/mol. The quantitative estimate of drug-likeness (QED) is 0.861. The van der Waals surface area contributed by atoms with Crippen LogP contribution in [0.5, 0.6) is 0 Å². The largest absolute Gasteiger partial charge is 0.375 e. The molecule has 0 aromatic carbocycles. The molecule has 0 radical (unpaired) electrons. The number of nitrogens with one attached hydrogen (secondary N) is 1. The molecule has 2 aliphatic rings. The van der Waals surface area contributed by atoms with Crippen LogP contribution in [0.3, 0.4) is 0 Å². The van der Waals surface area contributed by atoms with Crippen LogP contribution in [0.25, 0.3) is 0 Å². The zero-order chi connectivity index (χ0) is 15.4. The summed E-state index contributed by atoms with van der Waals surface area (Å²) in [6.45, 7) is 2.85. The van der Waals surface area contributed by atoms with Crippen LogP contribution in [0.2, 0.25) is 0 Å². The molecule has 1 aliphatic carbocycles. The first kappa shape index (κ1) is 15.5. The summed E-state index contributed by atoms with van der Waals surface area (Å²) in [6, 6.07) is 3.20. The molecular weight excluding hydrogens is 280 g/mol. The van der Waals surface area contributed by atoms with Gasteiger partial charge in [0.05, 0.1) is 11.7 Å². The smallest absolute Gasteiger partial charge is 0.245 e. The Hall–Kier alpha value is -1.40. The van der Waals surface area contributed by atoms with Crippen molar-refractivity contribution in [2.45, 2.75) is 50.7 Å². The average molecular weight is 306 g/mol. The van der Waals surface area contributed by atoms with E-state index in [1.807, 2.05) is 6.20 Å². The van der Waals surface area contributed by atoms with Gasteiger partial charge in [0.1, 0.15) is 6.61 Å². The van der Waals surface area contributed by atoms with Gasteiger partial charge in [0.2, 0.25) is 5.91 Å². The van der Waals surface area contributed by atoms with Gasteiger partial charge in [-0.1, -0.05) is 12.8 Å². The molecule has 1 aliphatic heterocycles. The fourth-order valence-electron chi connectivity index (χ4n) is 3.74. The van der Waals surface area contributed by atoms with Gasteiger partial charge >= 0.3 is 0 Å². The number of hydrogen-bond acceptors (Lipinski definition) is 4. The van der Waals surface area contributed by atoms with Crippen LogP contribution in [0, 0.1) is 0 Å². The van der Waals surface area contributed by atoms with Gasteiger partial charge < -0.3 is 10.1 Å². The standard InChI is InChI=1S/C16H26N4O2/c1-22-12-16(21)17-8-6-14-10-19(13-4-2-3-5-13)11-15-7-9-18-20(14)15/h7,9,13-14H,2-6,8,10-12H2,1H3,(H,17,21). The second kappa shape index (κ2) is 7.24. The van der Waals surface area contributed by atoms with E-state index in [9.17, 15) is 4.79 Å². The number of carbonyl (C=O) groups is 1. The van der Waals surface area contributed by atoms with E-state index in [1.165, 1.54) is 38.5 Å². The Morgan fingerprint density at radius 3 is 3.05 bits per heavy atom. The minimum Gasteiger partial charge on any atom is -0.375 e. The molecule has 0 bridgehead atoms. The summed E-state index contributed by atoms with van der Waals surface area (Å²) in [4.78, 5) is 14.1. The van der Waals surface area contributed by atoms with E-state index in [2.05, 4.69) is 26.1 Å². The monoisotopic (exact) mass is 306 g/mol. The van der Waals surface area contributed by atoms with Gasteiger partial charge in [-0.3, -0.25) is 14.4 Å². The molecule has 0 saturated heterocycles. The lowest BCUT2D eigenvalue weighted by Crippen LogP contribution is -2.43. The summed E-state index contributed by atoms with van der Waals surface area (Å²) in [7, 11) is 1.54. The number of carbonyl (C=O) groups excluding carboxylic acids is 1. The molecule has 1 saturated carbocycles. The molecule has 3 rings (SSSR count). The SMILES string of the molecule is COCC(=O)NCCC1CN(C2CCCC2)Cc2ccnn21. The third-order valence-corrected chi connectivity index (χ3v) is 4.82. The predicted octanol–water partition coefficient (Wildman–Crippen LogP) is 1.34. The second-order valence-electron chi connectivity index (χ2n) is 6.36. The van der Waals surface area contributed by atoms with Crippen LogP contribution in [-0.2, 0) is 16.1 Å². The van der Waals surface area contributed by atoms with Crippen molar-refractivity contribution in [2.24, 2.45) is 0 Å². The van der Waals surface area contributed by atoms with Crippen molar-refractivity contribution >= 4 is 5.91 Å². The maximum atomic E-state index is 11.5. The number of hydrogen-bond donors (Lipinski definition) is 1. The minimum atomic E-state index is -0.0494. The van der Waals surface area contributed by atoms with Gasteiger partial charge in [0.25, 0.3) is 0 Å². The highest BCUT2D eigenvalue weighted by atomic mass is 16.5. The van der Waals surface area contributed by atoms with Crippen LogP contribution >= 0.6 is 0 Å². The van der Waals surface area contributed by atoms with E-state index in [0.29, 0.717) is 12.6 Å². The Kier molecular flexibility index (Phi) is 5.10. The van der Waals surface area contributed by atoms with Gasteiger partial charge in [-0.15, -0.1) is 0 Å². The molecule has 1 aromatic heterocycles. The number of amides is 1. The van der Waals surface area contributed by atoms with Crippen LogP contribution in [0.15, 0.2) is 12.3 Å². The van der Waals surface area contributed by atoms with Crippen molar-refractivity contribution in [1.29, 1.82) is 0 Å². The fraction of sp³-hybridized carbons (Fsp3) is 0.750. The number of aromatic nitrogens is 2. The normalized spacial score (nSPS) is 22.7. The highest BCUT2D eigenvalue weighted by Gasteiger charge is 2.31. The molecule has 1 atom stereocenters. The van der Waals surface area contributed by atoms with Crippen molar-refractivity contribution in [3.8, 4) is 0 Å². The molecule has 1 aromatic rings. The van der Waals surface area contributed by atoms with E-state index in [4.69, 9.17) is 4.74 Å². The lowest BCUT2D eigenvalue weighted by molar-refractivity contribution is -0.124. The second-order valence-corrected chi connectivity index (χ2v) is 6.36. The number of ether oxygens (including phenoxy) is 1. The van der Waals surface area contributed by atoms with E-state index < -0.39 is 0 Å². The van der Waals surface area contributed by atoms with Crippen molar-refractivity contribution in [1.82, 2.24) is 20.0 Å². The van der Waals surface area contributed by atoms with Gasteiger partial charge in [0.15, 0.2) is 0 Å². The number of rotatable bonds is 6. The number of fused-ring (bicyclic) bond motifs is 1. The molecule has 2 heterocycles. The molecule has 1 unspecified atom stereocenters. The first-order chi connectivity index (χ1) is 10.8. The molecule has 6 heteroatoms. The van der Waals surface area contributed by atoms with Crippen LogP contribution in [0.1, 0.15) is 43.8 Å². The summed E-state index contributed by atoms with van der Waals surface area (Å²) in [5, 5.41) is 7.40. The number of methoxy groups -OCH3 is 1. The van der Waals surface area contributed by atoms with E-state index in [1.54, 1.807) is 0 Å². The van der Waals surface area contributed by atoms with Crippen molar-refractivity contribution in [3.63, 3.8) is 0 Å². The lowest BCUT2D eigenvalue weighted by atomic mass is 10.1. The molecule has 6 nitrogen and oxygen atoms in total. The fourth-order valence-corrected chi connectivity index (χ4v) is 3.74. The maximum Gasteiger partial charge on any atom is 0.245 e. The third kappa shape index (κ3) is 3.50. The highest BCUT2D eigenvalue weighted by molar-refractivity contribution is 5.77. The van der Waals surface area contributed by atoms with Gasteiger partial charge in [-0.05, 0) is 25.3 Å². The molecule has 1 fully saturated rings. The van der Waals surface area contributed by atoms with Crippen molar-refractivity contribution in [2.75, 3.05) is 26.8 Å². The molecule has 1 N–H and O–H groups in total. The van der Waals surface area contributed by atoms with E-state index >= 15 is 0 Å². The molecule has 22 heavy (non-hydrogen) atoms. The Labute approximate surface area is 131 Å². The van der Waals surface area contributed by atoms with Gasteiger partial charge in [-0.2, -0.15) is 5.10 Å². The zero-order valence-corrected chi connectivity index (χ0v) is 13.3. The summed E-state index contributed by atoms with van der Waals surface area (Å²) in [5.41, 5.74) is 1.30. The van der Waals surface area contributed by atoms with Crippen LogP contribution in [-0.4, -0.2) is 53.4 Å².